The van der Waals surface area contributed by atoms with Crippen LogP contribution in [0.2, 0.25) is 0 Å². The molecule has 1 unspecified atom stereocenters. The predicted molar refractivity (Wildman–Crippen MR) is 334 cm³/mol. The average molecular weight is 1060 g/mol. The van der Waals surface area contributed by atoms with Gasteiger partial charge in [0.15, 0.2) is 6.10 Å². The highest BCUT2D eigenvalue weighted by Gasteiger charge is 2.19. The molecule has 0 amide bonds. The van der Waals surface area contributed by atoms with E-state index in [1.807, 2.05) is 0 Å². The molecule has 0 rings (SSSR count). The highest BCUT2D eigenvalue weighted by atomic mass is 16.6. The molecule has 0 bridgehead atoms. The van der Waals surface area contributed by atoms with Gasteiger partial charge in [0.25, 0.3) is 0 Å². The van der Waals surface area contributed by atoms with E-state index in [0.717, 1.165) is 161 Å². The fourth-order valence-corrected chi connectivity index (χ4v) is 8.21. The Morgan fingerprint density at radius 1 is 0.273 bits per heavy atom. The van der Waals surface area contributed by atoms with Crippen LogP contribution in [-0.2, 0) is 28.6 Å². The molecule has 0 aromatic carbocycles. The van der Waals surface area contributed by atoms with Gasteiger partial charge >= 0.3 is 17.9 Å². The van der Waals surface area contributed by atoms with Crippen molar-refractivity contribution in [2.45, 2.75) is 271 Å². The van der Waals surface area contributed by atoms with Crippen molar-refractivity contribution >= 4 is 17.9 Å². The molecule has 0 heterocycles. The zero-order valence-electron chi connectivity index (χ0n) is 49.7. The third kappa shape index (κ3) is 62.0. The van der Waals surface area contributed by atoms with Crippen molar-refractivity contribution in [2.75, 3.05) is 13.2 Å². The molecule has 6 heteroatoms. The molecular weight excluding hydrogens is 949 g/mol. The summed E-state index contributed by atoms with van der Waals surface area (Å²) < 4.78 is 16.9. The molecule has 0 aliphatic heterocycles. The summed E-state index contributed by atoms with van der Waals surface area (Å²) in [7, 11) is 0. The molecule has 0 spiro atoms. The Labute approximate surface area is 474 Å². The van der Waals surface area contributed by atoms with Crippen molar-refractivity contribution in [1.82, 2.24) is 0 Å². The van der Waals surface area contributed by atoms with Gasteiger partial charge in [-0.3, -0.25) is 14.4 Å². The van der Waals surface area contributed by atoms with E-state index in [9.17, 15) is 14.4 Å². The van der Waals surface area contributed by atoms with Gasteiger partial charge in [-0.1, -0.05) is 269 Å². The number of rotatable bonds is 55. The molecule has 0 aromatic rings. The van der Waals surface area contributed by atoms with E-state index in [4.69, 9.17) is 14.2 Å². The zero-order chi connectivity index (χ0) is 55.7. The highest BCUT2D eigenvalue weighted by molar-refractivity contribution is 5.71. The Bertz CT molecular complexity index is 1700. The highest BCUT2D eigenvalue weighted by Crippen LogP contribution is 2.14. The lowest BCUT2D eigenvalue weighted by molar-refractivity contribution is -0.167. The van der Waals surface area contributed by atoms with E-state index < -0.39 is 6.10 Å². The summed E-state index contributed by atoms with van der Waals surface area (Å²) in [5.74, 6) is -0.939. The maximum Gasteiger partial charge on any atom is 0.306 e. The SMILES string of the molecule is CC/C=C\C/C=C\C/C=C\C/C=C\C/C=C\C/C=C\CCCCCCCCC(=O)OCC(COC(=O)CCCCCCCCCCCCC)OC(=O)CCCCCC/C=C\C/C=C\C/C=C\C/C=C\C/C=C\C/C=C\CC. The number of carbonyl (C=O) groups excluding carboxylic acids is 3. The van der Waals surface area contributed by atoms with Gasteiger partial charge in [-0.15, -0.1) is 0 Å². The molecule has 0 aliphatic rings. The third-order valence-electron chi connectivity index (χ3n) is 12.8. The predicted octanol–water partition coefficient (Wildman–Crippen LogP) is 21.5. The van der Waals surface area contributed by atoms with Crippen LogP contribution in [-0.4, -0.2) is 37.2 Å². The maximum absolute atomic E-state index is 12.9. The minimum atomic E-state index is -0.804. The molecule has 0 fully saturated rings. The number of hydrogen-bond acceptors (Lipinski definition) is 6. The summed E-state index contributed by atoms with van der Waals surface area (Å²) in [4.78, 5) is 38.3. The molecule has 0 saturated carbocycles. The Balaban J connectivity index is 4.42. The normalized spacial score (nSPS) is 13.1. The Hall–Kier alpha value is -4.71. The van der Waals surface area contributed by atoms with Gasteiger partial charge in [-0.25, -0.2) is 0 Å². The molecule has 77 heavy (non-hydrogen) atoms. The van der Waals surface area contributed by atoms with Crippen molar-refractivity contribution in [3.8, 4) is 0 Å². The number of ether oxygens (including phenoxy) is 3. The number of allylic oxidation sites excluding steroid dienone is 24. The largest absolute Gasteiger partial charge is 0.462 e. The molecule has 434 valence electrons. The summed E-state index contributed by atoms with van der Waals surface area (Å²) in [5, 5.41) is 0. The van der Waals surface area contributed by atoms with Crippen molar-refractivity contribution in [1.29, 1.82) is 0 Å². The van der Waals surface area contributed by atoms with E-state index in [-0.39, 0.29) is 31.1 Å². The van der Waals surface area contributed by atoms with E-state index in [1.54, 1.807) is 0 Å². The molecule has 0 radical (unpaired) electrons. The quantitative estimate of drug-likeness (QED) is 0.0261. The lowest BCUT2D eigenvalue weighted by Gasteiger charge is -2.18. The molecule has 6 nitrogen and oxygen atoms in total. The second-order valence-electron chi connectivity index (χ2n) is 20.2. The minimum absolute atomic E-state index is 0.0968. The van der Waals surface area contributed by atoms with E-state index >= 15 is 0 Å². The average Bonchev–Trinajstić information content (AvgIpc) is 3.43. The summed E-state index contributed by atoms with van der Waals surface area (Å²) in [6.45, 7) is 6.37. The Kier molecular flexibility index (Phi) is 59.9. The molecule has 0 aliphatic carbocycles. The van der Waals surface area contributed by atoms with Crippen LogP contribution < -0.4 is 0 Å². The van der Waals surface area contributed by atoms with Crippen LogP contribution in [0.15, 0.2) is 146 Å². The van der Waals surface area contributed by atoms with Crippen LogP contribution in [0, 0.1) is 0 Å². The van der Waals surface area contributed by atoms with Crippen molar-refractivity contribution in [3.05, 3.63) is 146 Å². The molecule has 0 aromatic heterocycles. The lowest BCUT2D eigenvalue weighted by atomic mass is 10.1. The van der Waals surface area contributed by atoms with Gasteiger partial charge < -0.3 is 14.2 Å². The van der Waals surface area contributed by atoms with Crippen molar-refractivity contribution in [2.24, 2.45) is 0 Å². The van der Waals surface area contributed by atoms with Gasteiger partial charge in [0.05, 0.1) is 0 Å². The van der Waals surface area contributed by atoms with Crippen molar-refractivity contribution < 1.29 is 28.6 Å². The lowest BCUT2D eigenvalue weighted by Crippen LogP contribution is -2.30. The first-order valence-corrected chi connectivity index (χ1v) is 31.3. The first-order chi connectivity index (χ1) is 38.0. The maximum atomic E-state index is 12.9. The fraction of sp³-hybridized carbons (Fsp3) is 0.620. The van der Waals surface area contributed by atoms with Gasteiger partial charge in [-0.05, 0) is 122 Å². The van der Waals surface area contributed by atoms with Gasteiger partial charge in [0.2, 0.25) is 0 Å². The zero-order valence-corrected chi connectivity index (χ0v) is 49.7. The van der Waals surface area contributed by atoms with E-state index in [2.05, 4.69) is 167 Å². The second-order valence-corrected chi connectivity index (χ2v) is 20.2. The third-order valence-corrected chi connectivity index (χ3v) is 12.8. The summed E-state index contributed by atoms with van der Waals surface area (Å²) in [6, 6.07) is 0. The van der Waals surface area contributed by atoms with Crippen molar-refractivity contribution in [3.63, 3.8) is 0 Å². The van der Waals surface area contributed by atoms with Gasteiger partial charge in [0.1, 0.15) is 13.2 Å². The first-order valence-electron chi connectivity index (χ1n) is 31.3. The van der Waals surface area contributed by atoms with E-state index in [1.165, 1.54) is 64.2 Å². The second kappa shape index (κ2) is 63.8. The molecular formula is C71H114O6. The molecule has 1 atom stereocenters. The molecule has 0 saturated heterocycles. The first kappa shape index (κ1) is 72.3. The van der Waals surface area contributed by atoms with E-state index in [0.29, 0.717) is 19.3 Å². The van der Waals surface area contributed by atoms with Crippen LogP contribution >= 0.6 is 0 Å². The van der Waals surface area contributed by atoms with Crippen LogP contribution in [0.25, 0.3) is 0 Å². The number of unbranched alkanes of at least 4 members (excludes halogenated alkanes) is 20. The number of esters is 3. The van der Waals surface area contributed by atoms with Crippen LogP contribution in [0.4, 0.5) is 0 Å². The van der Waals surface area contributed by atoms with Crippen LogP contribution in [0.1, 0.15) is 265 Å². The smallest absolute Gasteiger partial charge is 0.306 e. The topological polar surface area (TPSA) is 78.9 Å². The van der Waals surface area contributed by atoms with Gasteiger partial charge in [0, 0.05) is 19.3 Å². The minimum Gasteiger partial charge on any atom is -0.462 e. The standard InChI is InChI=1S/C71H114O6/c1-4-7-10-13-16-19-22-24-26-28-30-32-34-35-37-38-40-42-44-46-49-52-55-58-61-64-70(73)76-67-68(66-75-69(72)63-60-57-54-51-48-21-18-15-12-9-6-3)77-71(74)65-62-59-56-53-50-47-45-43-41-39-36-33-31-29-27-25-23-20-17-14-11-8-5-2/h7-8,10-11,16-17,19-20,24-27,30-33,35,37,39-42,45,47,68H,4-6,9,12-15,18,21-23,28-29,34,36,38,43-44,46,48-67H2,1-3H3/b10-7-,11-8-,19-16-,20-17-,26-24-,27-25-,32-30-,33-31-,37-35-,41-39-,42-40-,47-45-. The monoisotopic (exact) mass is 1060 g/mol. The summed E-state index contributed by atoms with van der Waals surface area (Å²) in [5.41, 5.74) is 0. The molecule has 0 N–H and O–H groups in total. The summed E-state index contributed by atoms with van der Waals surface area (Å²) >= 11 is 0. The van der Waals surface area contributed by atoms with Crippen LogP contribution in [0.5, 0.6) is 0 Å². The number of carbonyl (C=O) groups is 3. The van der Waals surface area contributed by atoms with Crippen LogP contribution in [0.3, 0.4) is 0 Å². The number of hydrogen-bond donors (Lipinski definition) is 0. The Morgan fingerprint density at radius 2 is 0.506 bits per heavy atom. The fourth-order valence-electron chi connectivity index (χ4n) is 8.21. The van der Waals surface area contributed by atoms with Gasteiger partial charge in [-0.2, -0.15) is 0 Å². The summed E-state index contributed by atoms with van der Waals surface area (Å²) in [6.07, 6.45) is 91.3. The Morgan fingerprint density at radius 3 is 0.792 bits per heavy atom.